The lowest BCUT2D eigenvalue weighted by Gasteiger charge is -2.30. The number of benzene rings is 1. The molecule has 0 bridgehead atoms. The van der Waals surface area contributed by atoms with Gasteiger partial charge in [0.1, 0.15) is 5.82 Å². The number of amides is 1. The molecule has 2 atom stereocenters. The van der Waals surface area contributed by atoms with Gasteiger partial charge in [-0.05, 0) is 61.8 Å². The van der Waals surface area contributed by atoms with E-state index in [0.717, 1.165) is 49.8 Å². The third-order valence-corrected chi connectivity index (χ3v) is 5.96. The summed E-state index contributed by atoms with van der Waals surface area (Å²) in [5, 5.41) is 3.53. The Morgan fingerprint density at radius 3 is 2.85 bits per heavy atom. The standard InChI is InChI=1S/C22H25N3O2/c26-22(25-11-9-15-3-1-2-4-19(15)25)17-7-8-21(23-14-17)24-18-10-12-27-20(13-18)16-5-6-16/h1-4,7-8,14,16,18,20H,5-6,9-13H2,(H,23,24). The third-order valence-electron chi connectivity index (χ3n) is 5.96. The van der Waals surface area contributed by atoms with Gasteiger partial charge in [-0.15, -0.1) is 0 Å². The molecule has 1 N–H and O–H groups in total. The lowest BCUT2D eigenvalue weighted by Crippen LogP contribution is -2.35. The number of nitrogens with zero attached hydrogens (tertiary/aromatic N) is 2. The summed E-state index contributed by atoms with van der Waals surface area (Å²) in [5.74, 6) is 1.64. The fourth-order valence-electron chi connectivity index (χ4n) is 4.28. The van der Waals surface area contributed by atoms with Crippen LogP contribution in [0.5, 0.6) is 0 Å². The van der Waals surface area contributed by atoms with Crippen molar-refractivity contribution in [2.45, 2.75) is 44.2 Å². The molecule has 5 heteroatoms. The zero-order chi connectivity index (χ0) is 18.2. The number of hydrogen-bond acceptors (Lipinski definition) is 4. The molecule has 2 unspecified atom stereocenters. The highest BCUT2D eigenvalue weighted by Gasteiger charge is 2.36. The Morgan fingerprint density at radius 2 is 2.04 bits per heavy atom. The number of fused-ring (bicyclic) bond motifs is 1. The molecule has 5 rings (SSSR count). The minimum Gasteiger partial charge on any atom is -0.378 e. The first-order chi connectivity index (χ1) is 13.3. The summed E-state index contributed by atoms with van der Waals surface area (Å²) in [6.45, 7) is 1.56. The zero-order valence-electron chi connectivity index (χ0n) is 15.4. The van der Waals surface area contributed by atoms with Crippen LogP contribution >= 0.6 is 0 Å². The highest BCUT2D eigenvalue weighted by atomic mass is 16.5. The summed E-state index contributed by atoms with van der Waals surface area (Å²) in [6.07, 6.45) is 7.71. The van der Waals surface area contributed by atoms with Crippen LogP contribution < -0.4 is 10.2 Å². The van der Waals surface area contributed by atoms with E-state index in [2.05, 4.69) is 16.4 Å². The third kappa shape index (κ3) is 3.44. The Balaban J connectivity index is 1.24. The Kier molecular flexibility index (Phi) is 4.32. The number of nitrogens with one attached hydrogen (secondary N) is 1. The lowest BCUT2D eigenvalue weighted by atomic mass is 10.00. The van der Waals surface area contributed by atoms with Gasteiger partial charge in [-0.25, -0.2) is 4.98 Å². The van der Waals surface area contributed by atoms with Crippen LogP contribution in [0.4, 0.5) is 11.5 Å². The molecule has 1 aromatic heterocycles. The van der Waals surface area contributed by atoms with Gasteiger partial charge < -0.3 is 15.0 Å². The van der Waals surface area contributed by atoms with Crippen LogP contribution in [-0.2, 0) is 11.2 Å². The highest BCUT2D eigenvalue weighted by Crippen LogP contribution is 2.38. The number of carbonyl (C=O) groups is 1. The second-order valence-corrected chi connectivity index (χ2v) is 7.88. The summed E-state index contributed by atoms with van der Waals surface area (Å²) in [6, 6.07) is 12.3. The summed E-state index contributed by atoms with van der Waals surface area (Å²) >= 11 is 0. The van der Waals surface area contributed by atoms with Crippen LogP contribution in [-0.4, -0.2) is 36.2 Å². The maximum Gasteiger partial charge on any atom is 0.259 e. The maximum atomic E-state index is 12.9. The number of hydrogen-bond donors (Lipinski definition) is 1. The number of pyridine rings is 1. The van der Waals surface area contributed by atoms with E-state index in [1.807, 2.05) is 35.2 Å². The fourth-order valence-corrected chi connectivity index (χ4v) is 4.28. The molecule has 1 aliphatic carbocycles. The average molecular weight is 363 g/mol. The van der Waals surface area contributed by atoms with Crippen LogP contribution in [0.1, 0.15) is 41.6 Å². The van der Waals surface area contributed by atoms with Gasteiger partial charge in [0.05, 0.1) is 11.7 Å². The molecule has 1 saturated heterocycles. The summed E-state index contributed by atoms with van der Waals surface area (Å²) < 4.78 is 5.90. The van der Waals surface area contributed by atoms with E-state index in [9.17, 15) is 4.79 Å². The van der Waals surface area contributed by atoms with Crippen molar-refractivity contribution in [2.75, 3.05) is 23.4 Å². The topological polar surface area (TPSA) is 54.5 Å². The van der Waals surface area contributed by atoms with E-state index < -0.39 is 0 Å². The van der Waals surface area contributed by atoms with Crippen molar-refractivity contribution < 1.29 is 9.53 Å². The largest absolute Gasteiger partial charge is 0.378 e. The van der Waals surface area contributed by atoms with Gasteiger partial charge in [-0.1, -0.05) is 18.2 Å². The predicted octanol–water partition coefficient (Wildman–Crippen LogP) is 3.65. The van der Waals surface area contributed by atoms with E-state index in [0.29, 0.717) is 17.7 Å². The molecule has 1 aromatic carbocycles. The summed E-state index contributed by atoms with van der Waals surface area (Å²) in [7, 11) is 0. The van der Waals surface area contributed by atoms with Crippen molar-refractivity contribution in [1.29, 1.82) is 0 Å². The molecule has 5 nitrogen and oxygen atoms in total. The smallest absolute Gasteiger partial charge is 0.259 e. The van der Waals surface area contributed by atoms with Gasteiger partial charge in [0.25, 0.3) is 5.91 Å². The molecule has 2 aromatic rings. The van der Waals surface area contributed by atoms with Crippen molar-refractivity contribution >= 4 is 17.4 Å². The molecule has 1 saturated carbocycles. The predicted molar refractivity (Wildman–Crippen MR) is 105 cm³/mol. The molecular formula is C22H25N3O2. The number of rotatable bonds is 4. The monoisotopic (exact) mass is 363 g/mol. The first-order valence-corrected chi connectivity index (χ1v) is 10.0. The molecule has 3 heterocycles. The minimum absolute atomic E-state index is 0.0267. The van der Waals surface area contributed by atoms with Crippen molar-refractivity contribution in [1.82, 2.24) is 4.98 Å². The van der Waals surface area contributed by atoms with Crippen molar-refractivity contribution in [2.24, 2.45) is 5.92 Å². The number of aromatic nitrogens is 1. The van der Waals surface area contributed by atoms with Gasteiger partial charge in [-0.2, -0.15) is 0 Å². The van der Waals surface area contributed by atoms with Crippen LogP contribution in [0.15, 0.2) is 42.6 Å². The van der Waals surface area contributed by atoms with Crippen molar-refractivity contribution in [3.63, 3.8) is 0 Å². The van der Waals surface area contributed by atoms with E-state index in [-0.39, 0.29) is 5.91 Å². The Morgan fingerprint density at radius 1 is 1.15 bits per heavy atom. The van der Waals surface area contributed by atoms with Gasteiger partial charge >= 0.3 is 0 Å². The molecule has 140 valence electrons. The number of para-hydroxylation sites is 1. The quantitative estimate of drug-likeness (QED) is 0.901. The Labute approximate surface area is 159 Å². The van der Waals surface area contributed by atoms with Gasteiger partial charge in [0.15, 0.2) is 0 Å². The lowest BCUT2D eigenvalue weighted by molar-refractivity contribution is -0.00223. The molecule has 2 aliphatic heterocycles. The van der Waals surface area contributed by atoms with Gasteiger partial charge in [-0.3, -0.25) is 4.79 Å². The zero-order valence-corrected chi connectivity index (χ0v) is 15.4. The second kappa shape index (κ2) is 6.97. The first kappa shape index (κ1) is 16.8. The summed E-state index contributed by atoms with van der Waals surface area (Å²) in [5.41, 5.74) is 2.90. The van der Waals surface area contributed by atoms with Gasteiger partial charge in [0.2, 0.25) is 0 Å². The van der Waals surface area contributed by atoms with Gasteiger partial charge in [0, 0.05) is 31.1 Å². The van der Waals surface area contributed by atoms with E-state index >= 15 is 0 Å². The second-order valence-electron chi connectivity index (χ2n) is 7.88. The molecule has 1 amide bonds. The van der Waals surface area contributed by atoms with Crippen LogP contribution in [0.3, 0.4) is 0 Å². The van der Waals surface area contributed by atoms with Crippen molar-refractivity contribution in [3.8, 4) is 0 Å². The number of anilines is 2. The van der Waals surface area contributed by atoms with E-state index in [1.165, 1.54) is 18.4 Å². The molecule has 3 aliphatic rings. The average Bonchev–Trinajstić information content (AvgIpc) is 3.48. The first-order valence-electron chi connectivity index (χ1n) is 10.0. The van der Waals surface area contributed by atoms with E-state index in [4.69, 9.17) is 4.74 Å². The molecule has 0 spiro atoms. The summed E-state index contributed by atoms with van der Waals surface area (Å²) in [4.78, 5) is 19.3. The maximum absolute atomic E-state index is 12.9. The van der Waals surface area contributed by atoms with E-state index in [1.54, 1.807) is 6.20 Å². The SMILES string of the molecule is O=C(c1ccc(NC2CCOC(C3CC3)C2)nc1)N1CCc2ccccc21. The molecule has 0 radical (unpaired) electrons. The van der Waals surface area contributed by atoms with Crippen LogP contribution in [0.25, 0.3) is 0 Å². The number of ether oxygens (including phenoxy) is 1. The fraction of sp³-hybridized carbons (Fsp3) is 0.455. The molecule has 27 heavy (non-hydrogen) atoms. The van der Waals surface area contributed by atoms with Crippen LogP contribution in [0.2, 0.25) is 0 Å². The Hall–Kier alpha value is -2.40. The minimum atomic E-state index is 0.0267. The van der Waals surface area contributed by atoms with Crippen LogP contribution in [0, 0.1) is 5.92 Å². The molecular weight excluding hydrogens is 338 g/mol. The highest BCUT2D eigenvalue weighted by molar-refractivity contribution is 6.07. The normalized spacial score (nSPS) is 24.5. The van der Waals surface area contributed by atoms with Crippen molar-refractivity contribution in [3.05, 3.63) is 53.7 Å². The Bertz CT molecular complexity index is 832. The molecule has 2 fully saturated rings. The number of carbonyl (C=O) groups excluding carboxylic acids is 1.